The van der Waals surface area contributed by atoms with E-state index in [1.807, 2.05) is 31.2 Å². The number of nitrogens with zero attached hydrogens (tertiary/aromatic N) is 2. The highest BCUT2D eigenvalue weighted by molar-refractivity contribution is 7.17. The Morgan fingerprint density at radius 2 is 2.04 bits per heavy atom. The molecule has 0 fully saturated rings. The Morgan fingerprint density at radius 1 is 1.23 bits per heavy atom. The highest BCUT2D eigenvalue weighted by Gasteiger charge is 2.18. The van der Waals surface area contributed by atoms with Gasteiger partial charge in [-0.15, -0.1) is 11.3 Å². The third kappa shape index (κ3) is 4.37. The van der Waals surface area contributed by atoms with Gasteiger partial charge in [0.15, 0.2) is 4.88 Å². The van der Waals surface area contributed by atoms with Crippen molar-refractivity contribution in [3.05, 3.63) is 59.2 Å². The second-order valence-electron chi connectivity index (χ2n) is 5.49. The largest absolute Gasteiger partial charge is 0.492 e. The number of carboxylic acid groups (broad SMARTS) is 1. The van der Waals surface area contributed by atoms with Crippen LogP contribution in [0, 0.1) is 0 Å². The number of carbonyl (C=O) groups is 1. The molecule has 2 heterocycles. The molecule has 7 heteroatoms. The minimum Gasteiger partial charge on any atom is -0.492 e. The second-order valence-corrected chi connectivity index (χ2v) is 6.55. The van der Waals surface area contributed by atoms with Crippen LogP contribution in [0.5, 0.6) is 5.75 Å². The summed E-state index contributed by atoms with van der Waals surface area (Å²) in [5.41, 5.74) is 1.92. The summed E-state index contributed by atoms with van der Waals surface area (Å²) in [5, 5.41) is 12.6. The number of benzene rings is 1. The van der Waals surface area contributed by atoms with E-state index < -0.39 is 5.97 Å². The lowest BCUT2D eigenvalue weighted by atomic mass is 10.1. The van der Waals surface area contributed by atoms with E-state index >= 15 is 0 Å². The lowest BCUT2D eigenvalue weighted by Gasteiger charge is -2.06. The Morgan fingerprint density at radius 3 is 2.77 bits per heavy atom. The normalized spacial score (nSPS) is 10.5. The van der Waals surface area contributed by atoms with Gasteiger partial charge >= 0.3 is 5.97 Å². The highest BCUT2D eigenvalue weighted by Crippen LogP contribution is 2.36. The van der Waals surface area contributed by atoms with Crippen LogP contribution in [0.4, 0.5) is 5.82 Å². The molecule has 0 radical (unpaired) electrons. The first-order chi connectivity index (χ1) is 12.7. The number of hydrogen-bond donors (Lipinski definition) is 2. The highest BCUT2D eigenvalue weighted by atomic mass is 32.1. The number of nitrogens with one attached hydrogen (secondary N) is 1. The molecule has 0 aliphatic carbocycles. The third-order valence-corrected chi connectivity index (χ3v) is 4.80. The fourth-order valence-corrected chi connectivity index (χ4v) is 3.39. The smallest absolute Gasteiger partial charge is 0.349 e. The Kier molecular flexibility index (Phi) is 5.80. The Balaban J connectivity index is 1.72. The first kappa shape index (κ1) is 17.9. The number of hydrogen-bond acceptors (Lipinski definition) is 6. The van der Waals surface area contributed by atoms with E-state index in [1.165, 1.54) is 11.9 Å². The van der Waals surface area contributed by atoms with Crippen LogP contribution in [0.15, 0.2) is 48.8 Å². The molecule has 3 rings (SSSR count). The van der Waals surface area contributed by atoms with Gasteiger partial charge in [-0.25, -0.2) is 14.8 Å². The average Bonchev–Trinajstić information content (AvgIpc) is 3.08. The molecule has 0 saturated carbocycles. The summed E-state index contributed by atoms with van der Waals surface area (Å²) in [7, 11) is 0. The predicted octanol–water partition coefficient (Wildman–Crippen LogP) is 3.96. The van der Waals surface area contributed by atoms with Crippen molar-refractivity contribution in [1.82, 2.24) is 9.97 Å². The van der Waals surface area contributed by atoms with E-state index in [9.17, 15) is 9.90 Å². The summed E-state index contributed by atoms with van der Waals surface area (Å²) in [4.78, 5) is 20.8. The summed E-state index contributed by atoms with van der Waals surface area (Å²) < 4.78 is 5.42. The van der Waals surface area contributed by atoms with Crippen LogP contribution in [-0.2, 0) is 6.42 Å². The molecule has 26 heavy (non-hydrogen) atoms. The number of carboxylic acids is 1. The van der Waals surface area contributed by atoms with Gasteiger partial charge in [0.1, 0.15) is 17.9 Å². The zero-order chi connectivity index (χ0) is 18.4. The molecule has 0 atom stereocenters. The van der Waals surface area contributed by atoms with Crippen molar-refractivity contribution >= 4 is 23.1 Å². The quantitative estimate of drug-likeness (QED) is 0.625. The molecule has 0 saturated heterocycles. The summed E-state index contributed by atoms with van der Waals surface area (Å²) in [6.07, 6.45) is 2.36. The molecule has 3 aromatic rings. The molecule has 0 amide bonds. The molecule has 6 nitrogen and oxygen atoms in total. The first-order valence-corrected chi connectivity index (χ1v) is 9.09. The van der Waals surface area contributed by atoms with E-state index in [2.05, 4.69) is 27.4 Å². The van der Waals surface area contributed by atoms with E-state index in [1.54, 1.807) is 6.07 Å². The van der Waals surface area contributed by atoms with Crippen molar-refractivity contribution < 1.29 is 14.6 Å². The third-order valence-electron chi connectivity index (χ3n) is 3.67. The van der Waals surface area contributed by atoms with Gasteiger partial charge in [0, 0.05) is 18.7 Å². The van der Waals surface area contributed by atoms with Crippen molar-refractivity contribution in [3.8, 4) is 16.3 Å². The number of thiophene rings is 1. The lowest BCUT2D eigenvalue weighted by molar-refractivity contribution is 0.0698. The number of rotatable bonds is 8. The van der Waals surface area contributed by atoms with Gasteiger partial charge in [0.2, 0.25) is 0 Å². The topological polar surface area (TPSA) is 84.3 Å². The van der Waals surface area contributed by atoms with E-state index in [-0.39, 0.29) is 4.88 Å². The van der Waals surface area contributed by atoms with Crippen LogP contribution < -0.4 is 10.1 Å². The standard InChI is InChI=1S/C19H19N3O3S/c1-2-25-15-11-16(26-18(15)19(23)24)14-10-17(22-12-21-14)20-9-8-13-6-4-3-5-7-13/h3-7,10-12H,2,8-9H2,1H3,(H,23,24)(H,20,21,22). The predicted molar refractivity (Wildman–Crippen MR) is 102 cm³/mol. The Bertz CT molecular complexity index is 881. The number of aromatic nitrogens is 2. The molecule has 0 aliphatic rings. The monoisotopic (exact) mass is 369 g/mol. The average molecular weight is 369 g/mol. The molecular formula is C19H19N3O3S. The van der Waals surface area contributed by atoms with Crippen LogP contribution in [0.2, 0.25) is 0 Å². The van der Waals surface area contributed by atoms with Gasteiger partial charge in [-0.2, -0.15) is 0 Å². The molecule has 0 aliphatic heterocycles. The van der Waals surface area contributed by atoms with Crippen LogP contribution >= 0.6 is 11.3 Å². The molecular weight excluding hydrogens is 350 g/mol. The van der Waals surface area contributed by atoms with E-state index in [0.29, 0.717) is 23.9 Å². The van der Waals surface area contributed by atoms with Gasteiger partial charge in [-0.3, -0.25) is 0 Å². The van der Waals surface area contributed by atoms with E-state index in [4.69, 9.17) is 4.74 Å². The maximum Gasteiger partial charge on any atom is 0.349 e. The number of aromatic carboxylic acids is 1. The molecule has 0 bridgehead atoms. The SMILES string of the molecule is CCOc1cc(-c2cc(NCCc3ccccc3)ncn2)sc1C(=O)O. The van der Waals surface area contributed by atoms with Crippen molar-refractivity contribution in [2.45, 2.75) is 13.3 Å². The van der Waals surface area contributed by atoms with E-state index in [0.717, 1.165) is 29.2 Å². The van der Waals surface area contributed by atoms with Crippen LogP contribution in [-0.4, -0.2) is 34.2 Å². The van der Waals surface area contributed by atoms with Crippen LogP contribution in [0.3, 0.4) is 0 Å². The molecule has 134 valence electrons. The molecule has 2 aromatic heterocycles. The second kappa shape index (κ2) is 8.44. The summed E-state index contributed by atoms with van der Waals surface area (Å²) in [6, 6.07) is 13.7. The first-order valence-electron chi connectivity index (χ1n) is 8.27. The summed E-state index contributed by atoms with van der Waals surface area (Å²) >= 11 is 1.15. The minimum atomic E-state index is -1.00. The fraction of sp³-hybridized carbons (Fsp3) is 0.211. The maximum absolute atomic E-state index is 11.4. The van der Waals surface area contributed by atoms with Crippen LogP contribution in [0.1, 0.15) is 22.2 Å². The maximum atomic E-state index is 11.4. The zero-order valence-corrected chi connectivity index (χ0v) is 15.1. The molecule has 0 spiro atoms. The van der Waals surface area contributed by atoms with Gasteiger partial charge in [0.05, 0.1) is 17.2 Å². The van der Waals surface area contributed by atoms with Gasteiger partial charge in [-0.1, -0.05) is 30.3 Å². The van der Waals surface area contributed by atoms with Gasteiger partial charge < -0.3 is 15.2 Å². The Hall–Kier alpha value is -2.93. The van der Waals surface area contributed by atoms with Crippen molar-refractivity contribution in [3.63, 3.8) is 0 Å². The minimum absolute atomic E-state index is 0.180. The molecule has 0 unspecified atom stereocenters. The van der Waals surface area contributed by atoms with Gasteiger partial charge in [0.25, 0.3) is 0 Å². The number of anilines is 1. The van der Waals surface area contributed by atoms with Crippen molar-refractivity contribution in [2.24, 2.45) is 0 Å². The van der Waals surface area contributed by atoms with Crippen LogP contribution in [0.25, 0.3) is 10.6 Å². The lowest BCUT2D eigenvalue weighted by Crippen LogP contribution is -2.06. The summed E-state index contributed by atoms with van der Waals surface area (Å²) in [5.74, 6) is 0.0753. The summed E-state index contributed by atoms with van der Waals surface area (Å²) in [6.45, 7) is 2.98. The van der Waals surface area contributed by atoms with Gasteiger partial charge in [-0.05, 0) is 18.9 Å². The molecule has 1 aromatic carbocycles. The van der Waals surface area contributed by atoms with Crippen molar-refractivity contribution in [2.75, 3.05) is 18.5 Å². The Labute approximate surface area is 155 Å². The van der Waals surface area contributed by atoms with Crippen molar-refractivity contribution in [1.29, 1.82) is 0 Å². The number of ether oxygens (including phenoxy) is 1. The molecule has 2 N–H and O–H groups in total. The zero-order valence-electron chi connectivity index (χ0n) is 14.3. The fourth-order valence-electron chi connectivity index (χ4n) is 2.48.